The summed E-state index contributed by atoms with van der Waals surface area (Å²) in [5.74, 6) is 0. The Labute approximate surface area is 164 Å². The highest BCUT2D eigenvalue weighted by atomic mass is 32.1. The highest BCUT2D eigenvalue weighted by Gasteiger charge is 2.16. The SMILES string of the molecule is Cc1sc2nc(Cc3cncc4ccccc34)cc(=O)n2c1-c1cncnc1. The quantitative estimate of drug-likeness (QED) is 0.474. The van der Waals surface area contributed by atoms with Crippen molar-refractivity contribution in [2.24, 2.45) is 0 Å². The molecular weight excluding hydrogens is 370 g/mol. The lowest BCUT2D eigenvalue weighted by Gasteiger charge is -2.06. The van der Waals surface area contributed by atoms with Crippen molar-refractivity contribution in [2.45, 2.75) is 13.3 Å². The van der Waals surface area contributed by atoms with Gasteiger partial charge in [0.1, 0.15) is 6.33 Å². The van der Waals surface area contributed by atoms with E-state index in [1.807, 2.05) is 37.5 Å². The fourth-order valence-electron chi connectivity index (χ4n) is 3.48. The van der Waals surface area contributed by atoms with Gasteiger partial charge in [-0.25, -0.2) is 15.0 Å². The van der Waals surface area contributed by atoms with Crippen molar-refractivity contribution < 1.29 is 0 Å². The number of fused-ring (bicyclic) bond motifs is 2. The predicted octanol–water partition coefficient (Wildman–Crippen LogP) is 3.66. The van der Waals surface area contributed by atoms with Crippen LogP contribution in [0.5, 0.6) is 0 Å². The van der Waals surface area contributed by atoms with Crippen LogP contribution in [0.15, 0.2) is 66.2 Å². The lowest BCUT2D eigenvalue weighted by molar-refractivity contribution is 1.00. The number of rotatable bonds is 3. The third kappa shape index (κ3) is 2.76. The second-order valence-electron chi connectivity index (χ2n) is 6.53. The van der Waals surface area contributed by atoms with Crippen molar-refractivity contribution in [2.75, 3.05) is 0 Å². The van der Waals surface area contributed by atoms with E-state index in [2.05, 4.69) is 21.0 Å². The molecule has 5 rings (SSSR count). The van der Waals surface area contributed by atoms with Gasteiger partial charge in [0.2, 0.25) is 0 Å². The monoisotopic (exact) mass is 385 g/mol. The van der Waals surface area contributed by atoms with Gasteiger partial charge < -0.3 is 0 Å². The third-order valence-electron chi connectivity index (χ3n) is 4.70. The summed E-state index contributed by atoms with van der Waals surface area (Å²) in [5, 5.41) is 2.21. The van der Waals surface area contributed by atoms with Crippen LogP contribution in [0.25, 0.3) is 27.0 Å². The van der Waals surface area contributed by atoms with Crippen molar-refractivity contribution >= 4 is 27.1 Å². The van der Waals surface area contributed by atoms with E-state index < -0.39 is 0 Å². The van der Waals surface area contributed by atoms with Gasteiger partial charge in [-0.3, -0.25) is 14.2 Å². The molecule has 0 fully saturated rings. The first-order valence-corrected chi connectivity index (χ1v) is 9.61. The van der Waals surface area contributed by atoms with E-state index in [9.17, 15) is 4.79 Å². The van der Waals surface area contributed by atoms with Crippen LogP contribution < -0.4 is 5.56 Å². The summed E-state index contributed by atoms with van der Waals surface area (Å²) in [7, 11) is 0. The molecule has 7 heteroatoms. The van der Waals surface area contributed by atoms with Crippen LogP contribution in [-0.4, -0.2) is 24.3 Å². The molecule has 0 saturated carbocycles. The van der Waals surface area contributed by atoms with Gasteiger partial charge in [0.25, 0.3) is 5.56 Å². The topological polar surface area (TPSA) is 73.0 Å². The molecule has 4 heterocycles. The molecule has 0 unspecified atom stereocenters. The van der Waals surface area contributed by atoms with Crippen molar-refractivity contribution in [3.05, 3.63) is 87.9 Å². The van der Waals surface area contributed by atoms with E-state index >= 15 is 0 Å². The fraction of sp³-hybridized carbons (Fsp3) is 0.0952. The molecule has 28 heavy (non-hydrogen) atoms. The van der Waals surface area contributed by atoms with Gasteiger partial charge in [-0.1, -0.05) is 24.3 Å². The first-order valence-electron chi connectivity index (χ1n) is 8.80. The van der Waals surface area contributed by atoms with Crippen LogP contribution in [-0.2, 0) is 6.42 Å². The number of pyridine rings is 1. The summed E-state index contributed by atoms with van der Waals surface area (Å²) in [6, 6.07) is 9.71. The van der Waals surface area contributed by atoms with Gasteiger partial charge >= 0.3 is 0 Å². The molecule has 1 aromatic carbocycles. The smallest absolute Gasteiger partial charge is 0.259 e. The van der Waals surface area contributed by atoms with Gasteiger partial charge in [-0.2, -0.15) is 0 Å². The largest absolute Gasteiger partial charge is 0.269 e. The highest BCUT2D eigenvalue weighted by molar-refractivity contribution is 7.17. The number of hydrogen-bond donors (Lipinski definition) is 0. The van der Waals surface area contributed by atoms with E-state index in [0.717, 1.165) is 38.2 Å². The molecule has 0 radical (unpaired) electrons. The number of benzene rings is 1. The molecule has 0 N–H and O–H groups in total. The summed E-state index contributed by atoms with van der Waals surface area (Å²) in [6.07, 6.45) is 9.15. The minimum Gasteiger partial charge on any atom is -0.269 e. The molecule has 0 aliphatic rings. The molecule has 0 amide bonds. The zero-order chi connectivity index (χ0) is 19.1. The lowest BCUT2D eigenvalue weighted by Crippen LogP contribution is -2.15. The van der Waals surface area contributed by atoms with Gasteiger partial charge in [0.15, 0.2) is 4.96 Å². The normalized spacial score (nSPS) is 11.3. The fourth-order valence-corrected chi connectivity index (χ4v) is 4.50. The molecule has 136 valence electrons. The number of aromatic nitrogens is 5. The molecule has 6 nitrogen and oxygen atoms in total. The average Bonchev–Trinajstić information content (AvgIpc) is 3.05. The van der Waals surface area contributed by atoms with Crippen LogP contribution >= 0.6 is 11.3 Å². The van der Waals surface area contributed by atoms with Gasteiger partial charge in [-0.05, 0) is 17.9 Å². The molecule has 0 atom stereocenters. The van der Waals surface area contributed by atoms with Crippen LogP contribution in [0.1, 0.15) is 16.1 Å². The van der Waals surface area contributed by atoms with Crippen LogP contribution in [0.2, 0.25) is 0 Å². The van der Waals surface area contributed by atoms with E-state index in [4.69, 9.17) is 4.98 Å². The van der Waals surface area contributed by atoms with Crippen molar-refractivity contribution in [3.63, 3.8) is 0 Å². The molecule has 5 aromatic rings. The number of hydrogen-bond acceptors (Lipinski definition) is 6. The molecule has 0 aliphatic heterocycles. The zero-order valence-corrected chi connectivity index (χ0v) is 15.8. The van der Waals surface area contributed by atoms with E-state index in [0.29, 0.717) is 11.4 Å². The second-order valence-corrected chi connectivity index (χ2v) is 7.72. The first-order chi connectivity index (χ1) is 13.7. The number of aryl methyl sites for hydroxylation is 1. The molecular formula is C21H15N5OS. The Morgan fingerprint density at radius 3 is 2.71 bits per heavy atom. The van der Waals surface area contributed by atoms with Crippen LogP contribution in [0.4, 0.5) is 0 Å². The Morgan fingerprint density at radius 1 is 1.04 bits per heavy atom. The van der Waals surface area contributed by atoms with Crippen molar-refractivity contribution in [1.82, 2.24) is 24.3 Å². The second kappa shape index (κ2) is 6.61. The van der Waals surface area contributed by atoms with E-state index in [-0.39, 0.29) is 5.56 Å². The maximum absolute atomic E-state index is 12.9. The van der Waals surface area contributed by atoms with E-state index in [1.54, 1.807) is 22.9 Å². The van der Waals surface area contributed by atoms with E-state index in [1.165, 1.54) is 17.7 Å². The zero-order valence-electron chi connectivity index (χ0n) is 15.0. The molecule has 0 spiro atoms. The first kappa shape index (κ1) is 16.7. The molecule has 0 bridgehead atoms. The summed E-state index contributed by atoms with van der Waals surface area (Å²) in [5.41, 5.74) is 3.30. The molecule has 4 aromatic heterocycles. The minimum absolute atomic E-state index is 0.101. The van der Waals surface area contributed by atoms with Crippen LogP contribution in [0, 0.1) is 6.92 Å². The number of thiazole rings is 1. The van der Waals surface area contributed by atoms with Crippen LogP contribution in [0.3, 0.4) is 0 Å². The maximum Gasteiger partial charge on any atom is 0.259 e. The van der Waals surface area contributed by atoms with Crippen molar-refractivity contribution in [1.29, 1.82) is 0 Å². The predicted molar refractivity (Wildman–Crippen MR) is 110 cm³/mol. The summed E-state index contributed by atoms with van der Waals surface area (Å²) in [6.45, 7) is 1.98. The Morgan fingerprint density at radius 2 is 1.86 bits per heavy atom. The average molecular weight is 385 g/mol. The minimum atomic E-state index is -0.101. The van der Waals surface area contributed by atoms with Crippen molar-refractivity contribution in [3.8, 4) is 11.3 Å². The van der Waals surface area contributed by atoms with Gasteiger partial charge in [0.05, 0.1) is 11.4 Å². The molecule has 0 saturated heterocycles. The highest BCUT2D eigenvalue weighted by Crippen LogP contribution is 2.29. The summed E-state index contributed by atoms with van der Waals surface area (Å²) in [4.78, 5) is 31.8. The maximum atomic E-state index is 12.9. The Hall–Kier alpha value is -3.45. The standard InChI is InChI=1S/C21H15N5OS/c1-13-20(16-10-23-12-24-11-16)26-19(27)7-17(25-21(26)28-13)6-15-9-22-8-14-4-2-3-5-18(14)15/h2-5,7-12H,6H2,1H3. The van der Waals surface area contributed by atoms with Gasteiger partial charge in [-0.15, -0.1) is 11.3 Å². The lowest BCUT2D eigenvalue weighted by atomic mass is 10.0. The van der Waals surface area contributed by atoms with Gasteiger partial charge in [0, 0.05) is 53.1 Å². The Kier molecular flexibility index (Phi) is 3.95. The molecule has 0 aliphatic carbocycles. The Balaban J connectivity index is 1.64. The Bertz CT molecular complexity index is 1370. The number of nitrogens with zero attached hydrogens (tertiary/aromatic N) is 5. The summed E-state index contributed by atoms with van der Waals surface area (Å²) >= 11 is 1.50. The third-order valence-corrected chi connectivity index (χ3v) is 5.65. The summed E-state index contributed by atoms with van der Waals surface area (Å²) < 4.78 is 1.64.